The second kappa shape index (κ2) is 6.43. The molecule has 0 saturated carbocycles. The van der Waals surface area contributed by atoms with Gasteiger partial charge in [-0.25, -0.2) is 18.1 Å². The molecule has 2 aromatic heterocycles. The number of nitrogens with one attached hydrogen (secondary N) is 2. The molecule has 1 aromatic carbocycles. The minimum atomic E-state index is -3.40. The first-order chi connectivity index (χ1) is 10.6. The molecule has 0 bridgehead atoms. The van der Waals surface area contributed by atoms with Gasteiger partial charge in [0.15, 0.2) is 0 Å². The molecule has 0 unspecified atom stereocenters. The van der Waals surface area contributed by atoms with Crippen molar-refractivity contribution in [3.8, 4) is 11.4 Å². The minimum Gasteiger partial charge on any atom is -0.342 e. The van der Waals surface area contributed by atoms with E-state index in [0.717, 1.165) is 17.1 Å². The lowest BCUT2D eigenvalue weighted by molar-refractivity contribution is 0.583. The number of nitrogens with zero attached hydrogens (tertiary/aromatic N) is 1. The van der Waals surface area contributed by atoms with Gasteiger partial charge in [-0.3, -0.25) is 0 Å². The number of sulfonamides is 1. The molecule has 0 aliphatic rings. The third-order valence-corrected chi connectivity index (χ3v) is 5.98. The first-order valence-electron chi connectivity index (χ1n) is 6.78. The van der Waals surface area contributed by atoms with Crippen LogP contribution in [-0.4, -0.2) is 24.9 Å². The van der Waals surface area contributed by atoms with Crippen LogP contribution in [0.25, 0.3) is 11.4 Å². The normalized spacial score (nSPS) is 11.6. The average molecular weight is 333 g/mol. The van der Waals surface area contributed by atoms with E-state index >= 15 is 0 Å². The quantitative estimate of drug-likeness (QED) is 0.728. The van der Waals surface area contributed by atoms with Crippen LogP contribution in [0.15, 0.2) is 58.3 Å². The number of hydrogen-bond donors (Lipinski definition) is 2. The highest BCUT2D eigenvalue weighted by Gasteiger charge is 2.14. The predicted octanol–water partition coefficient (Wildman–Crippen LogP) is 2.66. The van der Waals surface area contributed by atoms with Crippen molar-refractivity contribution in [3.05, 3.63) is 59.7 Å². The van der Waals surface area contributed by atoms with Gasteiger partial charge in [0.25, 0.3) is 0 Å². The lowest BCUT2D eigenvalue weighted by Crippen LogP contribution is -2.25. The van der Waals surface area contributed by atoms with Crippen LogP contribution in [-0.2, 0) is 16.4 Å². The van der Waals surface area contributed by atoms with Gasteiger partial charge >= 0.3 is 0 Å². The second-order valence-electron chi connectivity index (χ2n) is 4.70. The highest BCUT2D eigenvalue weighted by atomic mass is 32.2. The number of hydrogen-bond acceptors (Lipinski definition) is 4. The zero-order valence-corrected chi connectivity index (χ0v) is 13.3. The summed E-state index contributed by atoms with van der Waals surface area (Å²) in [5.74, 6) is 0.789. The highest BCUT2D eigenvalue weighted by molar-refractivity contribution is 7.91. The largest absolute Gasteiger partial charge is 0.342 e. The Bertz CT molecular complexity index is 825. The average Bonchev–Trinajstić information content (AvgIpc) is 3.20. The predicted molar refractivity (Wildman–Crippen MR) is 87.2 cm³/mol. The first-order valence-corrected chi connectivity index (χ1v) is 9.14. The first kappa shape index (κ1) is 15.0. The fraction of sp³-hybridized carbons (Fsp3) is 0.133. The lowest BCUT2D eigenvalue weighted by Gasteiger charge is -2.03. The maximum absolute atomic E-state index is 12.0. The molecule has 3 aromatic rings. The Hall–Kier alpha value is -1.96. The standard InChI is InChI=1S/C15H15N3O2S2/c19-22(20,14-7-4-10-21-14)17-9-8-13-11-16-15(18-13)12-5-2-1-3-6-12/h1-7,10-11,17H,8-9H2,(H,16,18). The Labute approximate surface area is 133 Å². The number of rotatable bonds is 6. The summed E-state index contributed by atoms with van der Waals surface area (Å²) in [7, 11) is -3.40. The van der Waals surface area contributed by atoms with E-state index in [2.05, 4.69) is 14.7 Å². The number of thiophene rings is 1. The molecule has 0 aliphatic heterocycles. The molecule has 114 valence electrons. The van der Waals surface area contributed by atoms with E-state index in [1.165, 1.54) is 11.3 Å². The lowest BCUT2D eigenvalue weighted by atomic mass is 10.2. The molecule has 7 heteroatoms. The maximum atomic E-state index is 12.0. The fourth-order valence-corrected chi connectivity index (χ4v) is 4.11. The van der Waals surface area contributed by atoms with Crippen molar-refractivity contribution >= 4 is 21.4 Å². The summed E-state index contributed by atoms with van der Waals surface area (Å²) in [6, 6.07) is 13.1. The van der Waals surface area contributed by atoms with Crippen molar-refractivity contribution in [3.63, 3.8) is 0 Å². The van der Waals surface area contributed by atoms with Crippen LogP contribution in [0.5, 0.6) is 0 Å². The van der Waals surface area contributed by atoms with E-state index in [0.29, 0.717) is 17.2 Å². The van der Waals surface area contributed by atoms with Crippen LogP contribution < -0.4 is 4.72 Å². The van der Waals surface area contributed by atoms with Gasteiger partial charge in [-0.1, -0.05) is 36.4 Å². The van der Waals surface area contributed by atoms with Crippen molar-refractivity contribution in [1.29, 1.82) is 0 Å². The van der Waals surface area contributed by atoms with Crippen LogP contribution >= 0.6 is 11.3 Å². The summed E-state index contributed by atoms with van der Waals surface area (Å²) in [6.07, 6.45) is 2.30. The van der Waals surface area contributed by atoms with Crippen molar-refractivity contribution in [2.45, 2.75) is 10.6 Å². The van der Waals surface area contributed by atoms with Crippen LogP contribution in [0.4, 0.5) is 0 Å². The van der Waals surface area contributed by atoms with Crippen molar-refractivity contribution < 1.29 is 8.42 Å². The number of H-pyrrole nitrogens is 1. The molecular weight excluding hydrogens is 318 g/mol. The number of imidazole rings is 1. The van der Waals surface area contributed by atoms with Crippen molar-refractivity contribution in [2.75, 3.05) is 6.54 Å². The van der Waals surface area contributed by atoms with E-state index < -0.39 is 10.0 Å². The Kier molecular flexibility index (Phi) is 4.37. The molecule has 2 heterocycles. The van der Waals surface area contributed by atoms with Gasteiger partial charge in [0.1, 0.15) is 10.0 Å². The van der Waals surface area contributed by atoms with Gasteiger partial charge in [-0.2, -0.15) is 0 Å². The summed E-state index contributed by atoms with van der Waals surface area (Å²) in [6.45, 7) is 0.330. The van der Waals surface area contributed by atoms with Crippen molar-refractivity contribution in [2.24, 2.45) is 0 Å². The van der Waals surface area contributed by atoms with Gasteiger partial charge in [0, 0.05) is 30.4 Å². The summed E-state index contributed by atoms with van der Waals surface area (Å²) < 4.78 is 26.9. The third kappa shape index (κ3) is 3.44. The Balaban J connectivity index is 1.60. The molecule has 0 amide bonds. The van der Waals surface area contributed by atoms with Crippen molar-refractivity contribution in [1.82, 2.24) is 14.7 Å². The zero-order chi connectivity index (χ0) is 15.4. The Morgan fingerprint density at radius 1 is 1.14 bits per heavy atom. The molecule has 0 atom stereocenters. The molecule has 2 N–H and O–H groups in total. The number of benzene rings is 1. The molecule has 0 fully saturated rings. The van der Waals surface area contributed by atoms with E-state index in [9.17, 15) is 8.42 Å². The molecular formula is C15H15N3O2S2. The van der Waals surface area contributed by atoms with E-state index in [-0.39, 0.29) is 0 Å². The second-order valence-corrected chi connectivity index (χ2v) is 7.64. The van der Waals surface area contributed by atoms with E-state index in [4.69, 9.17) is 0 Å². The van der Waals surface area contributed by atoms with Crippen LogP contribution in [0.3, 0.4) is 0 Å². The number of aromatic nitrogens is 2. The van der Waals surface area contributed by atoms with Gasteiger partial charge in [0.05, 0.1) is 0 Å². The van der Waals surface area contributed by atoms with Crippen LogP contribution in [0.2, 0.25) is 0 Å². The zero-order valence-electron chi connectivity index (χ0n) is 11.7. The number of aromatic amines is 1. The Morgan fingerprint density at radius 3 is 2.68 bits per heavy atom. The molecule has 22 heavy (non-hydrogen) atoms. The Morgan fingerprint density at radius 2 is 1.95 bits per heavy atom. The third-order valence-electron chi connectivity index (χ3n) is 3.12. The topological polar surface area (TPSA) is 74.8 Å². The molecule has 3 rings (SSSR count). The smallest absolute Gasteiger partial charge is 0.250 e. The molecule has 0 saturated heterocycles. The summed E-state index contributed by atoms with van der Waals surface area (Å²) >= 11 is 1.21. The molecule has 0 spiro atoms. The highest BCUT2D eigenvalue weighted by Crippen LogP contribution is 2.16. The summed E-state index contributed by atoms with van der Waals surface area (Å²) in [4.78, 5) is 7.53. The van der Waals surface area contributed by atoms with Gasteiger partial charge < -0.3 is 4.98 Å². The van der Waals surface area contributed by atoms with Crippen LogP contribution in [0, 0.1) is 0 Å². The molecule has 5 nitrogen and oxygen atoms in total. The summed E-state index contributed by atoms with van der Waals surface area (Å²) in [5, 5.41) is 1.75. The van der Waals surface area contributed by atoms with Crippen LogP contribution in [0.1, 0.15) is 5.69 Å². The van der Waals surface area contributed by atoms with Gasteiger partial charge in [-0.15, -0.1) is 11.3 Å². The van der Waals surface area contributed by atoms with E-state index in [1.807, 2.05) is 30.3 Å². The monoisotopic (exact) mass is 333 g/mol. The van der Waals surface area contributed by atoms with Gasteiger partial charge in [-0.05, 0) is 11.4 Å². The minimum absolute atomic E-state index is 0.330. The molecule has 0 aliphatic carbocycles. The SMILES string of the molecule is O=S(=O)(NCCc1cnc(-c2ccccc2)[nH]1)c1cccs1. The van der Waals surface area contributed by atoms with E-state index in [1.54, 1.807) is 23.7 Å². The van der Waals surface area contributed by atoms with Gasteiger partial charge in [0.2, 0.25) is 10.0 Å². The maximum Gasteiger partial charge on any atom is 0.250 e. The fourth-order valence-electron chi connectivity index (χ4n) is 2.04. The molecule has 0 radical (unpaired) electrons. The summed E-state index contributed by atoms with van der Waals surface area (Å²) in [5.41, 5.74) is 1.90.